The number of rotatable bonds is 2. The number of nitrogens with one attached hydrogen (secondary N) is 1. The first-order valence-electron chi connectivity index (χ1n) is 3.31. The molecule has 2 N–H and O–H groups in total. The summed E-state index contributed by atoms with van der Waals surface area (Å²) in [5.74, 6) is 0.184. The van der Waals surface area contributed by atoms with Gasteiger partial charge >= 0.3 is 0 Å². The fourth-order valence-electron chi connectivity index (χ4n) is 0.716. The predicted octanol–water partition coefficient (Wildman–Crippen LogP) is 0.977. The number of hydrogen-bond acceptors (Lipinski definition) is 3. The smallest absolute Gasteiger partial charge is 0.134 e. The third-order valence-electron chi connectivity index (χ3n) is 1.19. The molecule has 0 radical (unpaired) electrons. The minimum atomic E-state index is 0.184. The molecule has 0 aromatic carbocycles. The van der Waals surface area contributed by atoms with Gasteiger partial charge in [0.25, 0.3) is 0 Å². The molecule has 0 amide bonds. The molecule has 3 nitrogen and oxygen atoms in total. The van der Waals surface area contributed by atoms with E-state index in [0.717, 1.165) is 5.56 Å². The molecule has 0 aliphatic heterocycles. The van der Waals surface area contributed by atoms with E-state index in [0.29, 0.717) is 0 Å². The van der Waals surface area contributed by atoms with E-state index < -0.39 is 0 Å². The largest absolute Gasteiger partial charge is 0.506 e. The molecule has 0 aliphatic rings. The Morgan fingerprint density at radius 3 is 3.00 bits per heavy atom. The molecule has 0 unspecified atom stereocenters. The second-order valence-corrected chi connectivity index (χ2v) is 2.10. The lowest BCUT2D eigenvalue weighted by molar-refractivity contribution is 0.472. The van der Waals surface area contributed by atoms with Gasteiger partial charge in [-0.1, -0.05) is 0 Å². The van der Waals surface area contributed by atoms with E-state index in [-0.39, 0.29) is 5.75 Å². The highest BCUT2D eigenvalue weighted by molar-refractivity contribution is 5.49. The molecule has 1 heterocycles. The Balaban J connectivity index is 2.79. The first kappa shape index (κ1) is 7.60. The van der Waals surface area contributed by atoms with Crippen LogP contribution in [0.2, 0.25) is 0 Å². The van der Waals surface area contributed by atoms with Crippen LogP contribution in [0.3, 0.4) is 0 Å². The zero-order chi connectivity index (χ0) is 8.10. The van der Waals surface area contributed by atoms with E-state index in [9.17, 15) is 0 Å². The molecule has 11 heavy (non-hydrogen) atoms. The van der Waals surface area contributed by atoms with Gasteiger partial charge in [0.05, 0.1) is 6.20 Å². The molecular weight excluding hydrogens is 140 g/mol. The van der Waals surface area contributed by atoms with Crippen molar-refractivity contribution in [3.63, 3.8) is 0 Å². The van der Waals surface area contributed by atoms with Crippen LogP contribution < -0.4 is 5.32 Å². The molecular formula is C8H10N2O. The van der Waals surface area contributed by atoms with Gasteiger partial charge in [-0.25, -0.2) is 0 Å². The second-order valence-electron chi connectivity index (χ2n) is 2.10. The minimum absolute atomic E-state index is 0.184. The minimum Gasteiger partial charge on any atom is -0.506 e. The SMILES string of the molecule is CN/C=C\c1cncc(O)c1. The Bertz CT molecular complexity index is 258. The van der Waals surface area contributed by atoms with Crippen molar-refractivity contribution in [3.8, 4) is 5.75 Å². The van der Waals surface area contributed by atoms with E-state index in [1.807, 2.05) is 13.1 Å². The Labute approximate surface area is 65.4 Å². The molecule has 1 aromatic heterocycles. The van der Waals surface area contributed by atoms with Crippen LogP contribution in [0.1, 0.15) is 5.56 Å². The molecule has 1 aromatic rings. The molecule has 0 fully saturated rings. The van der Waals surface area contributed by atoms with Crippen LogP contribution in [-0.2, 0) is 0 Å². The first-order valence-corrected chi connectivity index (χ1v) is 3.31. The summed E-state index contributed by atoms with van der Waals surface area (Å²) in [6.45, 7) is 0. The summed E-state index contributed by atoms with van der Waals surface area (Å²) in [7, 11) is 1.81. The summed E-state index contributed by atoms with van der Waals surface area (Å²) in [6.07, 6.45) is 6.67. The van der Waals surface area contributed by atoms with Gasteiger partial charge in [-0.3, -0.25) is 4.98 Å². The fourth-order valence-corrected chi connectivity index (χ4v) is 0.716. The monoisotopic (exact) mass is 150 g/mol. The molecule has 0 saturated heterocycles. The maximum absolute atomic E-state index is 9.00. The van der Waals surface area contributed by atoms with Gasteiger partial charge in [0.1, 0.15) is 5.75 Å². The maximum atomic E-state index is 9.00. The van der Waals surface area contributed by atoms with E-state index in [1.54, 1.807) is 18.5 Å². The molecule has 0 bridgehead atoms. The Hall–Kier alpha value is -1.51. The lowest BCUT2D eigenvalue weighted by atomic mass is 10.3. The summed E-state index contributed by atoms with van der Waals surface area (Å²) in [6, 6.07) is 1.64. The maximum Gasteiger partial charge on any atom is 0.134 e. The average molecular weight is 150 g/mol. The van der Waals surface area contributed by atoms with Crippen LogP contribution in [0.4, 0.5) is 0 Å². The molecule has 0 aliphatic carbocycles. The molecule has 1 rings (SSSR count). The van der Waals surface area contributed by atoms with Crippen molar-refractivity contribution in [1.82, 2.24) is 10.3 Å². The van der Waals surface area contributed by atoms with Gasteiger partial charge < -0.3 is 10.4 Å². The van der Waals surface area contributed by atoms with Gasteiger partial charge in [0.15, 0.2) is 0 Å². The standard InChI is InChI=1S/C8H10N2O/c1-9-3-2-7-4-8(11)6-10-5-7/h2-6,9,11H,1H3/b3-2-. The van der Waals surface area contributed by atoms with Crippen molar-refractivity contribution < 1.29 is 5.11 Å². The van der Waals surface area contributed by atoms with Crippen molar-refractivity contribution >= 4 is 6.08 Å². The fraction of sp³-hybridized carbons (Fsp3) is 0.125. The van der Waals surface area contributed by atoms with Crippen LogP contribution in [0.15, 0.2) is 24.7 Å². The summed E-state index contributed by atoms with van der Waals surface area (Å²) >= 11 is 0. The highest BCUT2D eigenvalue weighted by Gasteiger charge is 1.88. The predicted molar refractivity (Wildman–Crippen MR) is 44.0 cm³/mol. The number of aromatic nitrogens is 1. The van der Waals surface area contributed by atoms with Gasteiger partial charge in [-0.2, -0.15) is 0 Å². The molecule has 58 valence electrons. The summed E-state index contributed by atoms with van der Waals surface area (Å²) in [5, 5.41) is 11.8. The van der Waals surface area contributed by atoms with Gasteiger partial charge in [-0.05, 0) is 23.9 Å². The Morgan fingerprint density at radius 1 is 1.55 bits per heavy atom. The van der Waals surface area contributed by atoms with E-state index in [1.165, 1.54) is 6.20 Å². The second kappa shape index (κ2) is 3.61. The lowest BCUT2D eigenvalue weighted by Crippen LogP contribution is -1.90. The van der Waals surface area contributed by atoms with Crippen molar-refractivity contribution in [2.75, 3.05) is 7.05 Å². The lowest BCUT2D eigenvalue weighted by Gasteiger charge is -1.92. The van der Waals surface area contributed by atoms with Crippen LogP contribution in [0.25, 0.3) is 6.08 Å². The van der Waals surface area contributed by atoms with Crippen LogP contribution in [0.5, 0.6) is 5.75 Å². The van der Waals surface area contributed by atoms with Crippen molar-refractivity contribution in [3.05, 3.63) is 30.2 Å². The zero-order valence-electron chi connectivity index (χ0n) is 6.28. The molecule has 0 atom stereocenters. The molecule has 0 saturated carbocycles. The Kier molecular flexibility index (Phi) is 2.49. The summed E-state index contributed by atoms with van der Waals surface area (Å²) < 4.78 is 0. The highest BCUT2D eigenvalue weighted by Crippen LogP contribution is 2.08. The van der Waals surface area contributed by atoms with E-state index in [2.05, 4.69) is 10.3 Å². The third kappa shape index (κ3) is 2.29. The van der Waals surface area contributed by atoms with Crippen LogP contribution in [0, 0.1) is 0 Å². The number of pyridine rings is 1. The van der Waals surface area contributed by atoms with E-state index >= 15 is 0 Å². The Morgan fingerprint density at radius 2 is 2.36 bits per heavy atom. The van der Waals surface area contributed by atoms with Gasteiger partial charge in [0.2, 0.25) is 0 Å². The van der Waals surface area contributed by atoms with Gasteiger partial charge in [0, 0.05) is 13.2 Å². The third-order valence-corrected chi connectivity index (χ3v) is 1.19. The van der Waals surface area contributed by atoms with Gasteiger partial charge in [-0.15, -0.1) is 0 Å². The average Bonchev–Trinajstić information content (AvgIpc) is 2.01. The topological polar surface area (TPSA) is 45.2 Å². The molecule has 0 spiro atoms. The molecule has 3 heteroatoms. The van der Waals surface area contributed by atoms with Crippen LogP contribution in [-0.4, -0.2) is 17.1 Å². The zero-order valence-corrected chi connectivity index (χ0v) is 6.28. The van der Waals surface area contributed by atoms with Crippen LogP contribution >= 0.6 is 0 Å². The summed E-state index contributed by atoms with van der Waals surface area (Å²) in [4.78, 5) is 3.81. The number of nitrogens with zero attached hydrogens (tertiary/aromatic N) is 1. The quantitative estimate of drug-likeness (QED) is 0.660. The van der Waals surface area contributed by atoms with E-state index in [4.69, 9.17) is 5.11 Å². The van der Waals surface area contributed by atoms with Crippen molar-refractivity contribution in [1.29, 1.82) is 0 Å². The number of hydrogen-bond donors (Lipinski definition) is 2. The number of aromatic hydroxyl groups is 1. The first-order chi connectivity index (χ1) is 5.33. The highest BCUT2D eigenvalue weighted by atomic mass is 16.3. The van der Waals surface area contributed by atoms with Crippen molar-refractivity contribution in [2.45, 2.75) is 0 Å². The summed E-state index contributed by atoms with van der Waals surface area (Å²) in [5.41, 5.74) is 0.874. The normalized spacial score (nSPS) is 10.3. The van der Waals surface area contributed by atoms with Crippen molar-refractivity contribution in [2.24, 2.45) is 0 Å².